The lowest BCUT2D eigenvalue weighted by atomic mass is 10.1. The summed E-state index contributed by atoms with van der Waals surface area (Å²) in [4.78, 5) is 9.57. The third-order valence-electron chi connectivity index (χ3n) is 1.98. The average molecular weight is 295 g/mol. The summed E-state index contributed by atoms with van der Waals surface area (Å²) in [6, 6.07) is -0.216. The van der Waals surface area contributed by atoms with Gasteiger partial charge in [0.15, 0.2) is 0 Å². The topological polar surface area (TPSA) is 110 Å². The maximum atomic E-state index is 13.3. The number of rotatable bonds is 3. The summed E-state index contributed by atoms with van der Waals surface area (Å²) >= 11 is 2.68. The summed E-state index contributed by atoms with van der Waals surface area (Å²) in [5.74, 6) is -1.74. The first-order valence-corrected chi connectivity index (χ1v) is 4.91. The SMILES string of the molecule is N[C@@H](CO)c1cc([N+](=O)[O-])c(F)c(Br)c1O. The van der Waals surface area contributed by atoms with Gasteiger partial charge in [-0.2, -0.15) is 4.39 Å². The lowest BCUT2D eigenvalue weighted by molar-refractivity contribution is -0.387. The van der Waals surface area contributed by atoms with Crippen LogP contribution in [0.2, 0.25) is 0 Å². The lowest BCUT2D eigenvalue weighted by Crippen LogP contribution is -2.15. The molecule has 0 fully saturated rings. The van der Waals surface area contributed by atoms with Crippen molar-refractivity contribution >= 4 is 21.6 Å². The second-order valence-corrected chi connectivity index (χ2v) is 3.80. The molecule has 1 aromatic carbocycles. The van der Waals surface area contributed by atoms with Gasteiger partial charge in [0, 0.05) is 11.6 Å². The molecule has 0 amide bonds. The van der Waals surface area contributed by atoms with Crippen LogP contribution in [0.15, 0.2) is 10.5 Å². The van der Waals surface area contributed by atoms with E-state index in [1.165, 1.54) is 0 Å². The molecule has 0 aliphatic rings. The predicted molar refractivity (Wildman–Crippen MR) is 56.4 cm³/mol. The van der Waals surface area contributed by atoms with E-state index in [0.29, 0.717) is 0 Å². The second kappa shape index (κ2) is 4.73. The first-order valence-electron chi connectivity index (χ1n) is 4.11. The number of hydrogen-bond acceptors (Lipinski definition) is 5. The van der Waals surface area contributed by atoms with Crippen LogP contribution in [0.5, 0.6) is 5.75 Å². The highest BCUT2D eigenvalue weighted by molar-refractivity contribution is 9.10. The maximum absolute atomic E-state index is 13.3. The van der Waals surface area contributed by atoms with Crippen molar-refractivity contribution in [2.24, 2.45) is 5.73 Å². The Morgan fingerprint density at radius 1 is 1.69 bits per heavy atom. The molecular formula is C8H8BrFN2O4. The van der Waals surface area contributed by atoms with Crippen molar-refractivity contribution in [2.75, 3.05) is 6.61 Å². The van der Waals surface area contributed by atoms with Crippen molar-refractivity contribution in [3.8, 4) is 5.75 Å². The number of phenolic OH excluding ortho intramolecular Hbond substituents is 1. The van der Waals surface area contributed by atoms with Crippen LogP contribution in [0, 0.1) is 15.9 Å². The molecule has 0 radical (unpaired) electrons. The highest BCUT2D eigenvalue weighted by Crippen LogP contribution is 2.38. The summed E-state index contributed by atoms with van der Waals surface area (Å²) in [7, 11) is 0. The van der Waals surface area contributed by atoms with E-state index < -0.39 is 39.3 Å². The normalized spacial score (nSPS) is 12.5. The van der Waals surface area contributed by atoms with Gasteiger partial charge < -0.3 is 15.9 Å². The number of aromatic hydroxyl groups is 1. The molecule has 1 aromatic rings. The minimum atomic E-state index is -1.18. The Hall–Kier alpha value is -1.25. The molecule has 0 saturated carbocycles. The quantitative estimate of drug-likeness (QED) is 0.573. The van der Waals surface area contributed by atoms with Crippen LogP contribution in [0.3, 0.4) is 0 Å². The number of nitrogens with two attached hydrogens (primary N) is 1. The molecule has 1 atom stereocenters. The van der Waals surface area contributed by atoms with E-state index in [4.69, 9.17) is 10.8 Å². The van der Waals surface area contributed by atoms with Gasteiger partial charge in [0.1, 0.15) is 10.2 Å². The Kier molecular flexibility index (Phi) is 3.79. The number of aliphatic hydroxyl groups excluding tert-OH is 1. The zero-order valence-electron chi connectivity index (χ0n) is 7.85. The maximum Gasteiger partial charge on any atom is 0.306 e. The van der Waals surface area contributed by atoms with Crippen LogP contribution in [0.4, 0.5) is 10.1 Å². The highest BCUT2D eigenvalue weighted by atomic mass is 79.9. The lowest BCUT2D eigenvalue weighted by Gasteiger charge is -2.12. The third-order valence-corrected chi connectivity index (χ3v) is 2.71. The average Bonchev–Trinajstić information content (AvgIpc) is 2.25. The molecule has 0 aliphatic heterocycles. The van der Waals surface area contributed by atoms with E-state index >= 15 is 0 Å². The largest absolute Gasteiger partial charge is 0.506 e. The first kappa shape index (κ1) is 12.8. The molecule has 16 heavy (non-hydrogen) atoms. The number of hydrogen-bond donors (Lipinski definition) is 3. The summed E-state index contributed by atoms with van der Waals surface area (Å²) in [6.07, 6.45) is 0. The van der Waals surface area contributed by atoms with Gasteiger partial charge in [-0.05, 0) is 15.9 Å². The van der Waals surface area contributed by atoms with E-state index in [9.17, 15) is 19.6 Å². The van der Waals surface area contributed by atoms with Crippen molar-refractivity contribution in [3.63, 3.8) is 0 Å². The standard InChI is InChI=1S/C8H8BrFN2O4/c9-6-7(10)5(12(15)16)1-3(8(6)14)4(11)2-13/h1,4,13-14H,2,11H2/t4-/m0/s1. The van der Waals surface area contributed by atoms with Crippen LogP contribution in [0.1, 0.15) is 11.6 Å². The first-order chi connectivity index (χ1) is 7.40. The molecule has 1 rings (SSSR count). The molecule has 0 saturated heterocycles. The fraction of sp³-hybridized carbons (Fsp3) is 0.250. The third kappa shape index (κ3) is 2.13. The van der Waals surface area contributed by atoms with Crippen LogP contribution < -0.4 is 5.73 Å². The van der Waals surface area contributed by atoms with Gasteiger partial charge in [0.25, 0.3) is 0 Å². The van der Waals surface area contributed by atoms with Crippen molar-refractivity contribution < 1.29 is 19.5 Å². The van der Waals surface area contributed by atoms with E-state index in [1.807, 2.05) is 0 Å². The molecule has 4 N–H and O–H groups in total. The number of benzene rings is 1. The predicted octanol–water partition coefficient (Wildman–Crippen LogP) is 1.19. The summed E-state index contributed by atoms with van der Waals surface area (Å²) in [5, 5.41) is 28.8. The Labute approximate surface area is 97.8 Å². The van der Waals surface area contributed by atoms with Crippen LogP contribution in [0.25, 0.3) is 0 Å². The van der Waals surface area contributed by atoms with Crippen molar-refractivity contribution in [2.45, 2.75) is 6.04 Å². The van der Waals surface area contributed by atoms with E-state index in [0.717, 1.165) is 6.07 Å². The zero-order valence-corrected chi connectivity index (χ0v) is 9.44. The van der Waals surface area contributed by atoms with E-state index in [-0.39, 0.29) is 5.56 Å². The van der Waals surface area contributed by atoms with Crippen LogP contribution in [-0.2, 0) is 0 Å². The van der Waals surface area contributed by atoms with Crippen molar-refractivity contribution in [3.05, 3.63) is 32.0 Å². The monoisotopic (exact) mass is 294 g/mol. The number of aliphatic hydroxyl groups is 1. The van der Waals surface area contributed by atoms with Gasteiger partial charge in [0.05, 0.1) is 17.6 Å². The summed E-state index contributed by atoms with van der Waals surface area (Å²) < 4.78 is 12.9. The van der Waals surface area contributed by atoms with Crippen LogP contribution >= 0.6 is 15.9 Å². The van der Waals surface area contributed by atoms with Crippen molar-refractivity contribution in [1.29, 1.82) is 0 Å². The molecule has 8 heteroatoms. The number of nitro groups is 1. The number of phenols is 1. The Balaban J connectivity index is 3.47. The number of halogens is 2. The fourth-order valence-corrected chi connectivity index (χ4v) is 1.57. The fourth-order valence-electron chi connectivity index (χ4n) is 1.14. The molecule has 0 bridgehead atoms. The van der Waals surface area contributed by atoms with Crippen molar-refractivity contribution in [1.82, 2.24) is 0 Å². The van der Waals surface area contributed by atoms with E-state index in [1.54, 1.807) is 0 Å². The van der Waals surface area contributed by atoms with Gasteiger partial charge >= 0.3 is 5.69 Å². The summed E-state index contributed by atoms with van der Waals surface area (Å²) in [5.41, 5.74) is 4.50. The number of nitrogens with zero attached hydrogens (tertiary/aromatic N) is 1. The number of nitro benzene ring substituents is 1. The zero-order chi connectivity index (χ0) is 12.5. The second-order valence-electron chi connectivity index (χ2n) is 3.01. The molecule has 6 nitrogen and oxygen atoms in total. The molecule has 0 aliphatic carbocycles. The van der Waals surface area contributed by atoms with Gasteiger partial charge in [-0.1, -0.05) is 0 Å². The summed E-state index contributed by atoms with van der Waals surface area (Å²) in [6.45, 7) is -0.525. The van der Waals surface area contributed by atoms with E-state index in [2.05, 4.69) is 15.9 Å². The van der Waals surface area contributed by atoms with Gasteiger partial charge in [-0.3, -0.25) is 10.1 Å². The Morgan fingerprint density at radius 2 is 2.25 bits per heavy atom. The van der Waals surface area contributed by atoms with Gasteiger partial charge in [-0.25, -0.2) is 0 Å². The smallest absolute Gasteiger partial charge is 0.306 e. The molecule has 88 valence electrons. The molecule has 0 unspecified atom stereocenters. The van der Waals surface area contributed by atoms with Gasteiger partial charge in [0.2, 0.25) is 5.82 Å². The van der Waals surface area contributed by atoms with Gasteiger partial charge in [-0.15, -0.1) is 0 Å². The van der Waals surface area contributed by atoms with Crippen LogP contribution in [-0.4, -0.2) is 21.7 Å². The molecular weight excluding hydrogens is 287 g/mol. The minimum absolute atomic E-state index is 0.0949. The highest BCUT2D eigenvalue weighted by Gasteiger charge is 2.25. The molecule has 0 spiro atoms. The minimum Gasteiger partial charge on any atom is -0.506 e. The Bertz CT molecular complexity index is 441. The molecule has 0 heterocycles. The Morgan fingerprint density at radius 3 is 2.69 bits per heavy atom. The molecule has 0 aromatic heterocycles.